The third-order valence-corrected chi connectivity index (χ3v) is 5.46. The highest BCUT2D eigenvalue weighted by molar-refractivity contribution is 7.89. The molecular weight excluding hydrogens is 282 g/mol. The zero-order valence-corrected chi connectivity index (χ0v) is 12.1. The largest absolute Gasteiger partial charge is 0.480 e. The fraction of sp³-hybridized carbons (Fsp3) is 0.462. The van der Waals surface area contributed by atoms with Crippen LogP contribution in [0.25, 0.3) is 0 Å². The summed E-state index contributed by atoms with van der Waals surface area (Å²) in [5.74, 6) is -1.34. The number of hydrogen-bond donors (Lipinski definition) is 2. The van der Waals surface area contributed by atoms with Gasteiger partial charge in [0, 0.05) is 6.54 Å². The van der Waals surface area contributed by atoms with Crippen molar-refractivity contribution >= 4 is 16.0 Å². The van der Waals surface area contributed by atoms with E-state index in [1.165, 1.54) is 19.1 Å². The Bertz CT molecular complexity index is 621. The minimum atomic E-state index is -3.93. The van der Waals surface area contributed by atoms with E-state index < -0.39 is 27.6 Å². The monoisotopic (exact) mass is 299 g/mol. The van der Waals surface area contributed by atoms with Crippen molar-refractivity contribution in [3.05, 3.63) is 29.8 Å². The first kappa shape index (κ1) is 15.0. The number of sulfonamides is 1. The van der Waals surface area contributed by atoms with Crippen LogP contribution in [0.15, 0.2) is 29.2 Å². The molecule has 0 aliphatic carbocycles. The fourth-order valence-corrected chi connectivity index (χ4v) is 4.08. The van der Waals surface area contributed by atoms with Crippen molar-refractivity contribution < 1.29 is 23.4 Å². The van der Waals surface area contributed by atoms with Crippen molar-refractivity contribution in [2.24, 2.45) is 0 Å². The van der Waals surface area contributed by atoms with Gasteiger partial charge in [0.1, 0.15) is 0 Å². The van der Waals surface area contributed by atoms with E-state index in [2.05, 4.69) is 0 Å². The Morgan fingerprint density at radius 1 is 1.35 bits per heavy atom. The summed E-state index contributed by atoms with van der Waals surface area (Å²) in [6.45, 7) is 3.16. The SMILES string of the molecule is Cc1ccc(S(=O)(=O)N2CC[C@@](C)(O)[C@H]2C(=O)O)cc1. The lowest BCUT2D eigenvalue weighted by Crippen LogP contribution is -2.50. The Morgan fingerprint density at radius 2 is 1.90 bits per heavy atom. The predicted molar refractivity (Wildman–Crippen MR) is 71.7 cm³/mol. The predicted octanol–water partition coefficient (Wildman–Crippen LogP) is 0.594. The van der Waals surface area contributed by atoms with Gasteiger partial charge in [0.25, 0.3) is 0 Å². The number of carboxylic acid groups (broad SMARTS) is 1. The summed E-state index contributed by atoms with van der Waals surface area (Å²) in [7, 11) is -3.93. The molecule has 1 aliphatic heterocycles. The molecule has 0 amide bonds. The lowest BCUT2D eigenvalue weighted by Gasteiger charge is -2.27. The Hall–Kier alpha value is -1.44. The highest BCUT2D eigenvalue weighted by atomic mass is 32.2. The molecule has 20 heavy (non-hydrogen) atoms. The number of benzene rings is 1. The molecular formula is C13H17NO5S. The van der Waals surface area contributed by atoms with Crippen LogP contribution >= 0.6 is 0 Å². The molecule has 0 saturated carbocycles. The summed E-state index contributed by atoms with van der Waals surface area (Å²) < 4.78 is 25.9. The number of aliphatic hydroxyl groups is 1. The van der Waals surface area contributed by atoms with Crippen LogP contribution in [-0.2, 0) is 14.8 Å². The van der Waals surface area contributed by atoms with Crippen molar-refractivity contribution in [1.29, 1.82) is 0 Å². The van der Waals surface area contributed by atoms with Gasteiger partial charge in [-0.15, -0.1) is 0 Å². The first-order valence-electron chi connectivity index (χ1n) is 6.20. The summed E-state index contributed by atoms with van der Waals surface area (Å²) >= 11 is 0. The second-order valence-electron chi connectivity index (χ2n) is 5.28. The van der Waals surface area contributed by atoms with Gasteiger partial charge in [0.15, 0.2) is 6.04 Å². The first-order valence-corrected chi connectivity index (χ1v) is 7.64. The van der Waals surface area contributed by atoms with Crippen LogP contribution in [0.3, 0.4) is 0 Å². The summed E-state index contributed by atoms with van der Waals surface area (Å²) in [6.07, 6.45) is 0.0923. The number of nitrogens with zero attached hydrogens (tertiary/aromatic N) is 1. The summed E-state index contributed by atoms with van der Waals surface area (Å²) in [5.41, 5.74) is -0.656. The molecule has 2 N–H and O–H groups in total. The quantitative estimate of drug-likeness (QED) is 0.852. The molecule has 2 atom stereocenters. The minimum Gasteiger partial charge on any atom is -0.480 e. The van der Waals surface area contributed by atoms with Crippen molar-refractivity contribution in [3.63, 3.8) is 0 Å². The molecule has 1 aromatic rings. The molecule has 1 aromatic carbocycles. The molecule has 2 rings (SSSR count). The number of rotatable bonds is 3. The number of aliphatic carboxylic acids is 1. The van der Waals surface area contributed by atoms with Crippen molar-refractivity contribution in [3.8, 4) is 0 Å². The molecule has 0 unspecified atom stereocenters. The topological polar surface area (TPSA) is 94.9 Å². The van der Waals surface area contributed by atoms with Crippen LogP contribution in [0.5, 0.6) is 0 Å². The molecule has 1 fully saturated rings. The second kappa shape index (κ2) is 4.83. The van der Waals surface area contributed by atoms with Crippen LogP contribution in [-0.4, -0.2) is 47.1 Å². The molecule has 0 radical (unpaired) electrons. The maximum Gasteiger partial charge on any atom is 0.325 e. The Morgan fingerprint density at radius 3 is 2.40 bits per heavy atom. The van der Waals surface area contributed by atoms with Gasteiger partial charge in [-0.2, -0.15) is 4.31 Å². The number of carboxylic acids is 1. The van der Waals surface area contributed by atoms with Crippen molar-refractivity contribution in [2.45, 2.75) is 36.8 Å². The Kier molecular flexibility index (Phi) is 3.62. The van der Waals surface area contributed by atoms with Crippen LogP contribution in [0.1, 0.15) is 18.9 Å². The van der Waals surface area contributed by atoms with Crippen molar-refractivity contribution in [1.82, 2.24) is 4.31 Å². The van der Waals surface area contributed by atoms with Gasteiger partial charge in [0.05, 0.1) is 10.5 Å². The third kappa shape index (κ3) is 2.44. The van der Waals surface area contributed by atoms with E-state index in [0.717, 1.165) is 9.87 Å². The molecule has 0 aromatic heterocycles. The molecule has 0 spiro atoms. The van der Waals surface area contributed by atoms with Gasteiger partial charge >= 0.3 is 5.97 Å². The van der Waals surface area contributed by atoms with E-state index in [9.17, 15) is 23.4 Å². The molecule has 6 nitrogen and oxygen atoms in total. The lowest BCUT2D eigenvalue weighted by molar-refractivity contribution is -0.146. The van der Waals surface area contributed by atoms with Crippen LogP contribution in [0.4, 0.5) is 0 Å². The summed E-state index contributed by atoms with van der Waals surface area (Å²) in [4.78, 5) is 11.3. The number of aryl methyl sites for hydroxylation is 1. The zero-order chi connectivity index (χ0) is 15.1. The summed E-state index contributed by atoms with van der Waals surface area (Å²) in [5, 5.41) is 19.3. The van der Waals surface area contributed by atoms with E-state index in [1.807, 2.05) is 6.92 Å². The van der Waals surface area contributed by atoms with Gasteiger partial charge < -0.3 is 10.2 Å². The smallest absolute Gasteiger partial charge is 0.325 e. The normalized spacial score (nSPS) is 27.6. The molecule has 1 aliphatic rings. The molecule has 1 saturated heterocycles. The van der Waals surface area contributed by atoms with E-state index in [-0.39, 0.29) is 17.9 Å². The minimum absolute atomic E-state index is 0.0137. The maximum atomic E-state index is 12.5. The Balaban J connectivity index is 2.44. The molecule has 7 heteroatoms. The van der Waals surface area contributed by atoms with Crippen molar-refractivity contribution in [2.75, 3.05) is 6.54 Å². The van der Waals surface area contributed by atoms with E-state index in [4.69, 9.17) is 0 Å². The molecule has 1 heterocycles. The molecule has 0 bridgehead atoms. The van der Waals surface area contributed by atoms with Crippen LogP contribution in [0, 0.1) is 6.92 Å². The second-order valence-corrected chi connectivity index (χ2v) is 7.17. The van der Waals surface area contributed by atoms with E-state index in [0.29, 0.717) is 0 Å². The average Bonchev–Trinajstić information content (AvgIpc) is 2.66. The van der Waals surface area contributed by atoms with Gasteiger partial charge in [-0.3, -0.25) is 4.79 Å². The van der Waals surface area contributed by atoms with Crippen LogP contribution in [0.2, 0.25) is 0 Å². The Labute approximate surface area is 117 Å². The highest BCUT2D eigenvalue weighted by Crippen LogP contribution is 2.33. The van der Waals surface area contributed by atoms with Gasteiger partial charge in [0.2, 0.25) is 10.0 Å². The first-order chi connectivity index (χ1) is 9.16. The van der Waals surface area contributed by atoms with Gasteiger partial charge in [-0.05, 0) is 32.4 Å². The fourth-order valence-electron chi connectivity index (χ4n) is 2.41. The maximum absolute atomic E-state index is 12.5. The third-order valence-electron chi connectivity index (χ3n) is 3.58. The van der Waals surface area contributed by atoms with Gasteiger partial charge in [-0.25, -0.2) is 8.42 Å². The van der Waals surface area contributed by atoms with E-state index >= 15 is 0 Å². The van der Waals surface area contributed by atoms with E-state index in [1.54, 1.807) is 12.1 Å². The number of hydrogen-bond acceptors (Lipinski definition) is 4. The zero-order valence-electron chi connectivity index (χ0n) is 11.3. The van der Waals surface area contributed by atoms with Gasteiger partial charge in [-0.1, -0.05) is 17.7 Å². The molecule has 110 valence electrons. The highest BCUT2D eigenvalue weighted by Gasteiger charge is 2.52. The number of carbonyl (C=O) groups is 1. The lowest BCUT2D eigenvalue weighted by atomic mass is 9.98. The van der Waals surface area contributed by atoms with Crippen LogP contribution < -0.4 is 0 Å². The average molecular weight is 299 g/mol. The summed E-state index contributed by atoms with van der Waals surface area (Å²) in [6, 6.07) is 4.72. The standard InChI is InChI=1S/C13H17NO5S/c1-9-3-5-10(6-4-9)20(18,19)14-8-7-13(2,17)11(14)12(15)16/h3-6,11,17H,7-8H2,1-2H3,(H,15,16)/t11-,13-/m1/s1.